The van der Waals surface area contributed by atoms with Gasteiger partial charge in [0.25, 0.3) is 0 Å². The SMILES string of the molecule is [2H]c1c([2H])c(N(c2ccc(-c3cccc(-c4ccc5ccccc5c4)c3)cc2)c2ccc(-c3c(-c4ccccc4)ccc4ccccc34)cc2)c(-c2ccccc2)c([2H])c1-c1ccccc1. The normalized spacial score (nSPS) is 11.8. The average molecular weight is 805 g/mol. The molecule has 0 saturated heterocycles. The average Bonchev–Trinajstić information content (AvgIpc) is 3.39. The van der Waals surface area contributed by atoms with E-state index in [4.69, 9.17) is 0 Å². The molecular formula is C62H43N. The van der Waals surface area contributed by atoms with Gasteiger partial charge in [0, 0.05) is 16.9 Å². The van der Waals surface area contributed by atoms with Crippen LogP contribution in [0.1, 0.15) is 4.11 Å². The van der Waals surface area contributed by atoms with E-state index in [9.17, 15) is 4.11 Å². The Balaban J connectivity index is 1.09. The molecule has 0 spiro atoms. The van der Waals surface area contributed by atoms with E-state index in [0.717, 1.165) is 77.8 Å². The summed E-state index contributed by atoms with van der Waals surface area (Å²) in [4.78, 5) is 2.07. The third-order valence-electron chi connectivity index (χ3n) is 12.0. The Morgan fingerprint density at radius 3 is 1.44 bits per heavy atom. The van der Waals surface area contributed by atoms with Gasteiger partial charge in [-0.3, -0.25) is 0 Å². The summed E-state index contributed by atoms with van der Waals surface area (Å²) in [6.07, 6.45) is 0. The molecule has 11 rings (SSSR count). The summed E-state index contributed by atoms with van der Waals surface area (Å²) in [6.45, 7) is 0. The molecule has 0 heterocycles. The van der Waals surface area contributed by atoms with Crippen LogP contribution in [-0.2, 0) is 0 Å². The van der Waals surface area contributed by atoms with Crippen LogP contribution in [0.2, 0.25) is 0 Å². The lowest BCUT2D eigenvalue weighted by Gasteiger charge is -2.29. The molecule has 0 fully saturated rings. The summed E-state index contributed by atoms with van der Waals surface area (Å²) in [5.74, 6) is 0. The lowest BCUT2D eigenvalue weighted by molar-refractivity contribution is 1.28. The number of hydrogen-bond acceptors (Lipinski definition) is 1. The van der Waals surface area contributed by atoms with Crippen LogP contribution in [0.5, 0.6) is 0 Å². The predicted molar refractivity (Wildman–Crippen MR) is 269 cm³/mol. The van der Waals surface area contributed by atoms with E-state index in [0.29, 0.717) is 16.8 Å². The van der Waals surface area contributed by atoms with E-state index in [-0.39, 0.29) is 18.1 Å². The van der Waals surface area contributed by atoms with Crippen molar-refractivity contribution in [1.82, 2.24) is 0 Å². The van der Waals surface area contributed by atoms with Crippen molar-refractivity contribution < 1.29 is 4.11 Å². The second-order valence-corrected chi connectivity index (χ2v) is 15.9. The van der Waals surface area contributed by atoms with Crippen LogP contribution in [0.4, 0.5) is 17.1 Å². The molecule has 63 heavy (non-hydrogen) atoms. The van der Waals surface area contributed by atoms with Crippen LogP contribution < -0.4 is 4.90 Å². The fraction of sp³-hybridized carbons (Fsp3) is 0. The fourth-order valence-corrected chi connectivity index (χ4v) is 8.81. The summed E-state index contributed by atoms with van der Waals surface area (Å²) in [5, 5.41) is 4.75. The number of benzene rings is 11. The highest BCUT2D eigenvalue weighted by Crippen LogP contribution is 2.45. The predicted octanol–water partition coefficient (Wildman–Crippen LogP) is 17.5. The molecule has 0 amide bonds. The van der Waals surface area contributed by atoms with Crippen molar-refractivity contribution in [2.75, 3.05) is 4.90 Å². The minimum atomic E-state index is 0.00730. The van der Waals surface area contributed by atoms with Gasteiger partial charge in [-0.1, -0.05) is 212 Å². The van der Waals surface area contributed by atoms with Gasteiger partial charge in [-0.2, -0.15) is 0 Å². The largest absolute Gasteiger partial charge is 0.310 e. The third-order valence-corrected chi connectivity index (χ3v) is 12.0. The zero-order chi connectivity index (χ0) is 44.6. The highest BCUT2D eigenvalue weighted by molar-refractivity contribution is 6.04. The first kappa shape index (κ1) is 34.5. The van der Waals surface area contributed by atoms with E-state index in [1.807, 2.05) is 66.7 Å². The highest BCUT2D eigenvalue weighted by atomic mass is 15.1. The Kier molecular flexibility index (Phi) is 9.11. The van der Waals surface area contributed by atoms with E-state index < -0.39 is 0 Å². The maximum Gasteiger partial charge on any atom is 0.0645 e. The number of rotatable bonds is 9. The maximum atomic E-state index is 9.91. The Hall–Kier alpha value is -8.26. The molecule has 0 saturated carbocycles. The monoisotopic (exact) mass is 804 g/mol. The zero-order valence-electron chi connectivity index (χ0n) is 37.5. The van der Waals surface area contributed by atoms with Gasteiger partial charge in [-0.25, -0.2) is 0 Å². The second-order valence-electron chi connectivity index (χ2n) is 15.9. The van der Waals surface area contributed by atoms with Gasteiger partial charge in [0.1, 0.15) is 0 Å². The van der Waals surface area contributed by atoms with Crippen molar-refractivity contribution in [3.63, 3.8) is 0 Å². The molecule has 0 unspecified atom stereocenters. The summed E-state index contributed by atoms with van der Waals surface area (Å²) in [7, 11) is 0. The van der Waals surface area contributed by atoms with E-state index in [1.165, 1.54) is 10.8 Å². The second kappa shape index (κ2) is 16.7. The maximum absolute atomic E-state index is 9.91. The summed E-state index contributed by atoms with van der Waals surface area (Å²) in [6, 6.07) is 83.9. The van der Waals surface area contributed by atoms with Crippen molar-refractivity contribution in [2.45, 2.75) is 0 Å². The van der Waals surface area contributed by atoms with Crippen LogP contribution in [0.15, 0.2) is 261 Å². The Morgan fingerprint density at radius 2 is 0.762 bits per heavy atom. The summed E-state index contributed by atoms with van der Waals surface area (Å²) in [5.41, 5.74) is 13.6. The Morgan fingerprint density at radius 1 is 0.286 bits per heavy atom. The van der Waals surface area contributed by atoms with Crippen molar-refractivity contribution in [3.05, 3.63) is 261 Å². The van der Waals surface area contributed by atoms with Crippen molar-refractivity contribution >= 4 is 38.6 Å². The first-order valence-corrected chi connectivity index (χ1v) is 21.4. The Labute approximate surface area is 373 Å². The first-order chi connectivity index (χ1) is 32.5. The van der Waals surface area contributed by atoms with Gasteiger partial charge in [-0.05, 0) is 131 Å². The van der Waals surface area contributed by atoms with E-state index >= 15 is 0 Å². The lowest BCUT2D eigenvalue weighted by atomic mass is 9.89. The molecule has 0 radical (unpaired) electrons. The standard InChI is InChI=1S/C62H43N/c1-4-15-44(16-5-1)55-34-40-61(60(43-55)48-20-8-3-9-21-48)63(56-35-29-46(30-36-56)52-24-14-25-53(41-52)54-28-27-45-17-10-11-23-51(45)42-54)57-37-31-50(32-38-57)62-58-26-13-12-22-49(58)33-39-59(62)47-18-6-2-7-19-47/h1-43H/i34D,40D,43D. The van der Waals surface area contributed by atoms with Crippen LogP contribution in [0.3, 0.4) is 0 Å². The van der Waals surface area contributed by atoms with Crippen LogP contribution >= 0.6 is 0 Å². The van der Waals surface area contributed by atoms with E-state index in [1.54, 1.807) is 0 Å². The van der Waals surface area contributed by atoms with Gasteiger partial charge in [-0.15, -0.1) is 0 Å². The first-order valence-electron chi connectivity index (χ1n) is 22.9. The van der Waals surface area contributed by atoms with Crippen molar-refractivity contribution in [3.8, 4) is 66.8 Å². The van der Waals surface area contributed by atoms with Crippen LogP contribution in [0, 0.1) is 0 Å². The molecule has 0 aliphatic heterocycles. The number of fused-ring (bicyclic) bond motifs is 2. The van der Waals surface area contributed by atoms with Crippen LogP contribution in [0.25, 0.3) is 88.3 Å². The molecule has 0 atom stereocenters. The molecule has 0 aromatic heterocycles. The smallest absolute Gasteiger partial charge is 0.0645 e. The summed E-state index contributed by atoms with van der Waals surface area (Å²) >= 11 is 0. The zero-order valence-corrected chi connectivity index (χ0v) is 34.5. The molecule has 296 valence electrons. The Bertz CT molecular complexity index is 3530. The van der Waals surface area contributed by atoms with E-state index in [2.05, 4.69) is 181 Å². The number of anilines is 3. The highest BCUT2D eigenvalue weighted by Gasteiger charge is 2.20. The molecule has 0 aliphatic carbocycles. The third kappa shape index (κ3) is 7.47. The minimum absolute atomic E-state index is 0.00730. The van der Waals surface area contributed by atoms with Gasteiger partial charge >= 0.3 is 0 Å². The van der Waals surface area contributed by atoms with Gasteiger partial charge < -0.3 is 4.90 Å². The fourth-order valence-electron chi connectivity index (χ4n) is 8.81. The summed E-state index contributed by atoms with van der Waals surface area (Å²) < 4.78 is 29.4. The van der Waals surface area contributed by atoms with Crippen LogP contribution in [-0.4, -0.2) is 0 Å². The molecule has 11 aromatic rings. The number of nitrogens with zero attached hydrogens (tertiary/aromatic N) is 1. The van der Waals surface area contributed by atoms with Crippen molar-refractivity contribution in [2.24, 2.45) is 0 Å². The molecule has 0 aliphatic rings. The van der Waals surface area contributed by atoms with Gasteiger partial charge in [0.2, 0.25) is 0 Å². The minimum Gasteiger partial charge on any atom is -0.310 e. The molecule has 1 nitrogen and oxygen atoms in total. The lowest BCUT2D eigenvalue weighted by Crippen LogP contribution is -2.11. The quantitative estimate of drug-likeness (QED) is 0.140. The molecule has 11 aromatic carbocycles. The molecule has 0 N–H and O–H groups in total. The topological polar surface area (TPSA) is 3.24 Å². The molecule has 1 heteroatoms. The van der Waals surface area contributed by atoms with Gasteiger partial charge in [0.15, 0.2) is 0 Å². The number of hydrogen-bond donors (Lipinski definition) is 0. The van der Waals surface area contributed by atoms with Gasteiger partial charge in [0.05, 0.1) is 9.80 Å². The molecule has 0 bridgehead atoms. The molecular weight excluding hydrogens is 759 g/mol. The van der Waals surface area contributed by atoms with Crippen molar-refractivity contribution in [1.29, 1.82) is 0 Å².